The molecule has 1 aromatic rings. The summed E-state index contributed by atoms with van der Waals surface area (Å²) in [5.41, 5.74) is 5.91. The zero-order valence-corrected chi connectivity index (χ0v) is 12.0. The molecule has 3 nitrogen and oxygen atoms in total. The molecule has 0 fully saturated rings. The summed E-state index contributed by atoms with van der Waals surface area (Å²) in [7, 11) is 0. The van der Waals surface area contributed by atoms with Crippen LogP contribution in [0.1, 0.15) is 32.3 Å². The van der Waals surface area contributed by atoms with Crippen LogP contribution in [0.3, 0.4) is 0 Å². The van der Waals surface area contributed by atoms with Crippen molar-refractivity contribution < 1.29 is 13.6 Å². The average molecular weight is 284 g/mol. The van der Waals surface area contributed by atoms with Crippen molar-refractivity contribution in [2.24, 2.45) is 17.6 Å². The molecule has 3 N–H and O–H groups in total. The van der Waals surface area contributed by atoms with Crippen LogP contribution in [-0.2, 0) is 11.3 Å². The lowest BCUT2D eigenvalue weighted by Gasteiger charge is -2.16. The van der Waals surface area contributed by atoms with Gasteiger partial charge in [0, 0.05) is 24.6 Å². The fraction of sp³-hybridized carbons (Fsp3) is 0.533. The Balaban J connectivity index is 2.46. The van der Waals surface area contributed by atoms with Crippen LogP contribution in [0.5, 0.6) is 0 Å². The van der Waals surface area contributed by atoms with E-state index in [2.05, 4.69) is 19.2 Å². The largest absolute Gasteiger partial charge is 0.352 e. The molecule has 0 saturated carbocycles. The highest BCUT2D eigenvalue weighted by atomic mass is 19.1. The van der Waals surface area contributed by atoms with Gasteiger partial charge in [0.25, 0.3) is 0 Å². The first-order valence-corrected chi connectivity index (χ1v) is 6.83. The number of hydrogen-bond acceptors (Lipinski definition) is 2. The zero-order chi connectivity index (χ0) is 15.1. The van der Waals surface area contributed by atoms with E-state index >= 15 is 0 Å². The lowest BCUT2D eigenvalue weighted by molar-refractivity contribution is -0.122. The van der Waals surface area contributed by atoms with Crippen molar-refractivity contribution >= 4 is 5.91 Å². The molecule has 0 aliphatic rings. The minimum Gasteiger partial charge on any atom is -0.352 e. The molecule has 0 bridgehead atoms. The van der Waals surface area contributed by atoms with Crippen molar-refractivity contribution in [2.75, 3.05) is 6.54 Å². The van der Waals surface area contributed by atoms with Crippen LogP contribution < -0.4 is 11.1 Å². The topological polar surface area (TPSA) is 55.1 Å². The molecule has 1 atom stereocenters. The van der Waals surface area contributed by atoms with Crippen LogP contribution >= 0.6 is 0 Å². The molecule has 112 valence electrons. The summed E-state index contributed by atoms with van der Waals surface area (Å²) >= 11 is 0. The predicted molar refractivity (Wildman–Crippen MR) is 74.8 cm³/mol. The standard InChI is InChI=1S/C15H22F2N2O/c1-10(2)5-11(8-18)6-15(20)19-9-12-3-4-13(16)7-14(12)17/h3-4,7,10-11H,5-6,8-9,18H2,1-2H3,(H,19,20)/t11-/m0/s1. The average Bonchev–Trinajstić information content (AvgIpc) is 2.36. The molecule has 5 heteroatoms. The van der Waals surface area contributed by atoms with Crippen LogP contribution in [0.15, 0.2) is 18.2 Å². The third-order valence-electron chi connectivity index (χ3n) is 3.10. The second-order valence-corrected chi connectivity index (χ2v) is 5.45. The highest BCUT2D eigenvalue weighted by Gasteiger charge is 2.14. The molecule has 1 rings (SSSR count). The van der Waals surface area contributed by atoms with Gasteiger partial charge in [0.2, 0.25) is 5.91 Å². The molecule has 0 spiro atoms. The zero-order valence-electron chi connectivity index (χ0n) is 12.0. The molecule has 20 heavy (non-hydrogen) atoms. The Morgan fingerprint density at radius 2 is 2.05 bits per heavy atom. The summed E-state index contributed by atoms with van der Waals surface area (Å²) in [5, 5.41) is 2.64. The van der Waals surface area contributed by atoms with Gasteiger partial charge in [-0.1, -0.05) is 19.9 Å². The van der Waals surface area contributed by atoms with E-state index in [1.54, 1.807) is 0 Å². The fourth-order valence-corrected chi connectivity index (χ4v) is 2.12. The minimum atomic E-state index is -0.650. The predicted octanol–water partition coefficient (Wildman–Crippen LogP) is 2.59. The Hall–Kier alpha value is -1.49. The Bertz CT molecular complexity index is 449. The summed E-state index contributed by atoms with van der Waals surface area (Å²) in [4.78, 5) is 11.8. The second-order valence-electron chi connectivity index (χ2n) is 5.45. The number of hydrogen-bond donors (Lipinski definition) is 2. The van der Waals surface area contributed by atoms with Gasteiger partial charge >= 0.3 is 0 Å². The highest BCUT2D eigenvalue weighted by Crippen LogP contribution is 2.14. The van der Waals surface area contributed by atoms with Gasteiger partial charge in [0.05, 0.1) is 0 Å². The number of carbonyl (C=O) groups is 1. The number of nitrogens with one attached hydrogen (secondary N) is 1. The van der Waals surface area contributed by atoms with E-state index in [4.69, 9.17) is 5.73 Å². The van der Waals surface area contributed by atoms with Gasteiger partial charge in [0.1, 0.15) is 11.6 Å². The number of carbonyl (C=O) groups excluding carboxylic acids is 1. The molecule has 0 unspecified atom stereocenters. The van der Waals surface area contributed by atoms with Crippen molar-refractivity contribution in [1.29, 1.82) is 0 Å². The number of halogens is 2. The molecule has 0 radical (unpaired) electrons. The monoisotopic (exact) mass is 284 g/mol. The molecule has 0 saturated heterocycles. The lowest BCUT2D eigenvalue weighted by atomic mass is 9.94. The lowest BCUT2D eigenvalue weighted by Crippen LogP contribution is -2.28. The van der Waals surface area contributed by atoms with Gasteiger partial charge in [-0.25, -0.2) is 8.78 Å². The Morgan fingerprint density at radius 1 is 1.35 bits per heavy atom. The molecular weight excluding hydrogens is 262 g/mol. The van der Waals surface area contributed by atoms with Gasteiger partial charge < -0.3 is 11.1 Å². The van der Waals surface area contributed by atoms with Crippen molar-refractivity contribution in [3.05, 3.63) is 35.4 Å². The maximum absolute atomic E-state index is 13.4. The Labute approximate surface area is 118 Å². The summed E-state index contributed by atoms with van der Waals surface area (Å²) in [5.74, 6) is -0.829. The van der Waals surface area contributed by atoms with Crippen LogP contribution in [0.2, 0.25) is 0 Å². The van der Waals surface area contributed by atoms with Gasteiger partial charge in [-0.05, 0) is 30.9 Å². The Kier molecular flexibility index (Phi) is 6.58. The van der Waals surface area contributed by atoms with E-state index in [9.17, 15) is 13.6 Å². The highest BCUT2D eigenvalue weighted by molar-refractivity contribution is 5.76. The van der Waals surface area contributed by atoms with Crippen molar-refractivity contribution in [1.82, 2.24) is 5.32 Å². The number of benzene rings is 1. The van der Waals surface area contributed by atoms with E-state index in [-0.39, 0.29) is 23.9 Å². The summed E-state index contributed by atoms with van der Waals surface area (Å²) in [6.45, 7) is 4.67. The van der Waals surface area contributed by atoms with Gasteiger partial charge in [-0.15, -0.1) is 0 Å². The quantitative estimate of drug-likeness (QED) is 0.808. The molecule has 0 aliphatic carbocycles. The van der Waals surface area contributed by atoms with Crippen molar-refractivity contribution in [3.8, 4) is 0 Å². The van der Waals surface area contributed by atoms with Crippen LogP contribution in [-0.4, -0.2) is 12.5 Å². The van der Waals surface area contributed by atoms with Crippen molar-refractivity contribution in [3.63, 3.8) is 0 Å². The van der Waals surface area contributed by atoms with E-state index in [0.29, 0.717) is 18.9 Å². The first-order valence-electron chi connectivity index (χ1n) is 6.83. The third-order valence-corrected chi connectivity index (χ3v) is 3.10. The molecule has 0 aliphatic heterocycles. The maximum Gasteiger partial charge on any atom is 0.220 e. The Morgan fingerprint density at radius 3 is 2.60 bits per heavy atom. The normalized spacial score (nSPS) is 12.5. The van der Waals surface area contributed by atoms with E-state index in [1.165, 1.54) is 12.1 Å². The molecule has 0 aromatic heterocycles. The van der Waals surface area contributed by atoms with E-state index in [0.717, 1.165) is 12.5 Å². The maximum atomic E-state index is 13.4. The number of nitrogens with two attached hydrogens (primary N) is 1. The number of amides is 1. The van der Waals surface area contributed by atoms with Crippen LogP contribution in [0.25, 0.3) is 0 Å². The number of rotatable bonds is 7. The summed E-state index contributed by atoms with van der Waals surface area (Å²) in [6.07, 6.45) is 1.21. The SMILES string of the molecule is CC(C)C[C@H](CN)CC(=O)NCc1ccc(F)cc1F. The van der Waals surface area contributed by atoms with Crippen LogP contribution in [0, 0.1) is 23.5 Å². The van der Waals surface area contributed by atoms with Crippen LogP contribution in [0.4, 0.5) is 8.78 Å². The molecule has 1 aromatic carbocycles. The fourth-order valence-electron chi connectivity index (χ4n) is 2.12. The molecular formula is C15H22F2N2O. The summed E-state index contributed by atoms with van der Waals surface area (Å²) < 4.78 is 26.1. The third kappa shape index (κ3) is 5.65. The van der Waals surface area contributed by atoms with Gasteiger partial charge in [-0.2, -0.15) is 0 Å². The van der Waals surface area contributed by atoms with E-state index in [1.807, 2.05) is 0 Å². The van der Waals surface area contributed by atoms with E-state index < -0.39 is 11.6 Å². The molecule has 0 heterocycles. The minimum absolute atomic E-state index is 0.0594. The second kappa shape index (κ2) is 7.94. The smallest absolute Gasteiger partial charge is 0.220 e. The molecule has 1 amide bonds. The van der Waals surface area contributed by atoms with Gasteiger partial charge in [0.15, 0.2) is 0 Å². The summed E-state index contributed by atoms with van der Waals surface area (Å²) in [6, 6.07) is 3.31. The van der Waals surface area contributed by atoms with Crippen molar-refractivity contribution in [2.45, 2.75) is 33.2 Å². The van der Waals surface area contributed by atoms with Gasteiger partial charge in [-0.3, -0.25) is 4.79 Å². The first kappa shape index (κ1) is 16.6. The first-order chi connectivity index (χ1) is 9.42.